The van der Waals surface area contributed by atoms with E-state index in [4.69, 9.17) is 10.6 Å². The second-order valence-corrected chi connectivity index (χ2v) is 5.97. The summed E-state index contributed by atoms with van der Waals surface area (Å²) in [7, 11) is 1.50. The Kier molecular flexibility index (Phi) is 4.37. The Bertz CT molecular complexity index is 949. The van der Waals surface area contributed by atoms with Crippen LogP contribution in [0.25, 0.3) is 10.9 Å². The second-order valence-electron chi connectivity index (χ2n) is 5.05. The Labute approximate surface area is 146 Å². The summed E-state index contributed by atoms with van der Waals surface area (Å²) in [6.07, 6.45) is 1.48. The molecule has 2 aromatic carbocycles. The van der Waals surface area contributed by atoms with Gasteiger partial charge in [-0.2, -0.15) is 0 Å². The monoisotopic (exact) mass is 387 g/mol. The minimum atomic E-state index is -0.459. The van der Waals surface area contributed by atoms with Crippen LogP contribution in [0, 0.1) is 0 Å². The highest BCUT2D eigenvalue weighted by Crippen LogP contribution is 2.27. The fourth-order valence-electron chi connectivity index (χ4n) is 2.58. The number of benzene rings is 2. The number of aromatic nitrogens is 1. The number of hydrazine groups is 1. The van der Waals surface area contributed by atoms with Gasteiger partial charge in [0, 0.05) is 16.1 Å². The highest BCUT2D eigenvalue weighted by Gasteiger charge is 2.21. The van der Waals surface area contributed by atoms with Crippen LogP contribution in [0.5, 0.6) is 5.75 Å². The van der Waals surface area contributed by atoms with Crippen molar-refractivity contribution in [2.75, 3.05) is 7.11 Å². The molecule has 1 heterocycles. The van der Waals surface area contributed by atoms with Gasteiger partial charge in [-0.05, 0) is 24.3 Å². The molecule has 122 valence electrons. The Morgan fingerprint density at radius 1 is 1.17 bits per heavy atom. The quantitative estimate of drug-likeness (QED) is 0.411. The number of para-hydroxylation sites is 1. The van der Waals surface area contributed by atoms with E-state index in [1.54, 1.807) is 42.5 Å². The van der Waals surface area contributed by atoms with Crippen LogP contribution in [0.3, 0.4) is 0 Å². The molecule has 3 rings (SSSR count). The Balaban J connectivity index is 2.22. The third-order valence-electron chi connectivity index (χ3n) is 3.70. The predicted molar refractivity (Wildman–Crippen MR) is 94.0 cm³/mol. The van der Waals surface area contributed by atoms with Crippen molar-refractivity contribution in [3.63, 3.8) is 0 Å². The topological polar surface area (TPSA) is 86.3 Å². The van der Waals surface area contributed by atoms with Crippen molar-refractivity contribution in [1.29, 1.82) is 0 Å². The highest BCUT2D eigenvalue weighted by molar-refractivity contribution is 9.10. The molecule has 0 fully saturated rings. The van der Waals surface area contributed by atoms with Gasteiger partial charge in [0.05, 0.1) is 23.8 Å². The molecule has 24 heavy (non-hydrogen) atoms. The van der Waals surface area contributed by atoms with Crippen molar-refractivity contribution in [3.05, 3.63) is 64.3 Å². The van der Waals surface area contributed by atoms with Crippen LogP contribution < -0.4 is 16.0 Å². The average Bonchev–Trinajstić information content (AvgIpc) is 3.00. The van der Waals surface area contributed by atoms with E-state index in [0.717, 1.165) is 4.47 Å². The van der Waals surface area contributed by atoms with E-state index in [9.17, 15) is 9.59 Å². The molecule has 0 saturated carbocycles. The maximum absolute atomic E-state index is 13.0. The van der Waals surface area contributed by atoms with Crippen LogP contribution in [0.1, 0.15) is 20.7 Å². The molecule has 1 amide bonds. The number of fused-ring (bicyclic) bond motifs is 1. The number of halogens is 1. The lowest BCUT2D eigenvalue weighted by Crippen LogP contribution is -2.29. The van der Waals surface area contributed by atoms with Crippen LogP contribution in [-0.4, -0.2) is 23.5 Å². The van der Waals surface area contributed by atoms with Crippen molar-refractivity contribution >= 4 is 38.6 Å². The van der Waals surface area contributed by atoms with Gasteiger partial charge in [0.1, 0.15) is 5.75 Å². The van der Waals surface area contributed by atoms with Crippen molar-refractivity contribution < 1.29 is 14.3 Å². The maximum atomic E-state index is 13.0. The zero-order chi connectivity index (χ0) is 17.3. The minimum absolute atomic E-state index is 0.305. The van der Waals surface area contributed by atoms with E-state index in [2.05, 4.69) is 21.4 Å². The van der Waals surface area contributed by atoms with Crippen molar-refractivity contribution in [3.8, 4) is 5.75 Å². The van der Waals surface area contributed by atoms with Crippen molar-refractivity contribution in [2.24, 2.45) is 5.84 Å². The largest absolute Gasteiger partial charge is 0.496 e. The van der Waals surface area contributed by atoms with Crippen LogP contribution in [-0.2, 0) is 0 Å². The van der Waals surface area contributed by atoms with Crippen molar-refractivity contribution in [1.82, 2.24) is 9.99 Å². The molecule has 0 bridgehead atoms. The number of amides is 1. The van der Waals surface area contributed by atoms with Gasteiger partial charge < -0.3 is 4.74 Å². The number of methoxy groups -OCH3 is 1. The summed E-state index contributed by atoms with van der Waals surface area (Å²) in [6, 6.07) is 12.3. The first-order chi connectivity index (χ1) is 11.6. The lowest BCUT2D eigenvalue weighted by atomic mass is 10.1. The Hall–Kier alpha value is -2.64. The van der Waals surface area contributed by atoms with Crippen molar-refractivity contribution in [2.45, 2.75) is 0 Å². The normalized spacial score (nSPS) is 10.6. The Morgan fingerprint density at radius 2 is 1.92 bits per heavy atom. The lowest BCUT2D eigenvalue weighted by Gasteiger charge is -2.09. The van der Waals surface area contributed by atoms with E-state index < -0.39 is 5.91 Å². The first-order valence-corrected chi connectivity index (χ1v) is 7.85. The summed E-state index contributed by atoms with van der Waals surface area (Å²) in [6.45, 7) is 0. The number of hydrogen-bond donors (Lipinski definition) is 2. The van der Waals surface area contributed by atoms with E-state index in [1.165, 1.54) is 17.9 Å². The number of hydrogen-bond acceptors (Lipinski definition) is 4. The third kappa shape index (κ3) is 2.68. The van der Waals surface area contributed by atoms with Gasteiger partial charge in [0.15, 0.2) is 0 Å². The maximum Gasteiger partial charge on any atom is 0.267 e. The van der Waals surface area contributed by atoms with E-state index in [0.29, 0.717) is 27.8 Å². The van der Waals surface area contributed by atoms with Gasteiger partial charge in [-0.25, -0.2) is 5.84 Å². The molecule has 0 atom stereocenters. The average molecular weight is 388 g/mol. The van der Waals surface area contributed by atoms with E-state index >= 15 is 0 Å². The van der Waals surface area contributed by atoms with E-state index in [-0.39, 0.29) is 5.91 Å². The van der Waals surface area contributed by atoms with Crippen LogP contribution in [0.2, 0.25) is 0 Å². The summed E-state index contributed by atoms with van der Waals surface area (Å²) < 4.78 is 7.45. The van der Waals surface area contributed by atoms with Crippen LogP contribution >= 0.6 is 15.9 Å². The number of nitrogens with one attached hydrogen (secondary N) is 1. The van der Waals surface area contributed by atoms with Crippen LogP contribution in [0.15, 0.2) is 53.1 Å². The molecule has 0 saturated heterocycles. The molecule has 0 radical (unpaired) electrons. The lowest BCUT2D eigenvalue weighted by molar-refractivity contribution is 0.0955. The number of ether oxygens (including phenoxy) is 1. The predicted octanol–water partition coefficient (Wildman–Crippen LogP) is 2.70. The SMILES string of the molecule is COc1ccc(Br)cc1C(=O)n1cc(C(=O)NN)c2ccccc21. The van der Waals surface area contributed by atoms with E-state index in [1.807, 2.05) is 0 Å². The fourth-order valence-corrected chi connectivity index (χ4v) is 2.94. The molecule has 3 N–H and O–H groups in total. The summed E-state index contributed by atoms with van der Waals surface area (Å²) >= 11 is 3.36. The molecular formula is C17H14BrN3O3. The zero-order valence-corrected chi connectivity index (χ0v) is 14.3. The molecule has 0 aliphatic rings. The Morgan fingerprint density at radius 3 is 2.62 bits per heavy atom. The fraction of sp³-hybridized carbons (Fsp3) is 0.0588. The first kappa shape index (κ1) is 16.2. The molecule has 7 heteroatoms. The molecule has 0 spiro atoms. The minimum Gasteiger partial charge on any atom is -0.496 e. The van der Waals surface area contributed by atoms with Gasteiger partial charge in [0.2, 0.25) is 0 Å². The smallest absolute Gasteiger partial charge is 0.267 e. The summed E-state index contributed by atoms with van der Waals surface area (Å²) in [5.41, 5.74) is 3.43. The number of rotatable bonds is 3. The standard InChI is InChI=1S/C17H14BrN3O3/c1-24-15-7-6-10(18)8-12(15)17(23)21-9-13(16(22)20-19)11-4-2-3-5-14(11)21/h2-9H,19H2,1H3,(H,20,22). The van der Waals surface area contributed by atoms with Gasteiger partial charge >= 0.3 is 0 Å². The number of nitrogens with zero attached hydrogens (tertiary/aromatic N) is 1. The molecule has 3 aromatic rings. The van der Waals surface area contributed by atoms with Crippen LogP contribution in [0.4, 0.5) is 0 Å². The number of nitrogens with two attached hydrogens (primary N) is 1. The van der Waals surface area contributed by atoms with Gasteiger partial charge in [-0.1, -0.05) is 34.1 Å². The first-order valence-electron chi connectivity index (χ1n) is 7.06. The zero-order valence-electron chi connectivity index (χ0n) is 12.7. The molecule has 0 aliphatic carbocycles. The number of nitrogen functional groups attached to an aromatic ring is 1. The van der Waals surface area contributed by atoms with Gasteiger partial charge in [0.25, 0.3) is 11.8 Å². The molecule has 0 aliphatic heterocycles. The summed E-state index contributed by atoms with van der Waals surface area (Å²) in [4.78, 5) is 25.0. The van der Waals surface area contributed by atoms with Gasteiger partial charge in [-0.15, -0.1) is 0 Å². The van der Waals surface area contributed by atoms with Gasteiger partial charge in [-0.3, -0.25) is 19.6 Å². The molecule has 6 nitrogen and oxygen atoms in total. The third-order valence-corrected chi connectivity index (χ3v) is 4.19. The number of carbonyl (C=O) groups is 2. The highest BCUT2D eigenvalue weighted by atomic mass is 79.9. The molecule has 1 aromatic heterocycles. The second kappa shape index (κ2) is 6.46. The number of carbonyl (C=O) groups excluding carboxylic acids is 2. The molecular weight excluding hydrogens is 374 g/mol. The molecule has 0 unspecified atom stereocenters. The summed E-state index contributed by atoms with van der Waals surface area (Å²) in [5, 5.41) is 0.641. The summed E-state index contributed by atoms with van der Waals surface area (Å²) in [5.74, 6) is 4.92.